The molecule has 0 atom stereocenters. The van der Waals surface area contributed by atoms with Crippen LogP contribution in [0.2, 0.25) is 0 Å². The van der Waals surface area contributed by atoms with Crippen molar-refractivity contribution >= 4 is 53.8 Å². The van der Waals surface area contributed by atoms with Crippen molar-refractivity contribution in [2.45, 2.75) is 60.4 Å². The molecule has 0 saturated carbocycles. The highest BCUT2D eigenvalue weighted by Crippen LogP contribution is 2.37. The number of hydrogen-bond donors (Lipinski definition) is 1. The molecule has 2 aliphatic heterocycles. The molecule has 0 amide bonds. The lowest BCUT2D eigenvalue weighted by Gasteiger charge is -2.32. The second-order valence-electron chi connectivity index (χ2n) is 9.97. The summed E-state index contributed by atoms with van der Waals surface area (Å²) >= 11 is 2.59. The zero-order chi connectivity index (χ0) is 29.2. The van der Waals surface area contributed by atoms with E-state index in [1.807, 2.05) is 39.8 Å². The minimum Gasteiger partial charge on any atom is -0.465 e. The van der Waals surface area contributed by atoms with Crippen molar-refractivity contribution in [3.05, 3.63) is 58.5 Å². The van der Waals surface area contributed by atoms with Gasteiger partial charge in [-0.25, -0.2) is 4.79 Å². The fraction of sp³-hybridized carbons (Fsp3) is 0.370. The molecule has 2 aliphatic rings. The third kappa shape index (κ3) is 7.58. The molecule has 6 rings (SSSR count). The maximum absolute atomic E-state index is 12.1. The molecule has 0 bridgehead atoms. The smallest absolute Gasteiger partial charge is 0.465 e. The molecule has 43 heavy (non-hydrogen) atoms. The van der Waals surface area contributed by atoms with Gasteiger partial charge in [0, 0.05) is 5.46 Å². The number of fused-ring (bicyclic) bond motifs is 1. The van der Waals surface area contributed by atoms with Gasteiger partial charge in [0.25, 0.3) is 10.4 Å². The zero-order valence-electron chi connectivity index (χ0n) is 22.9. The summed E-state index contributed by atoms with van der Waals surface area (Å²) in [5.41, 5.74) is 4.77. The highest BCUT2D eigenvalue weighted by molar-refractivity contribution is 7.11. The first-order chi connectivity index (χ1) is 19.6. The Morgan fingerprint density at radius 1 is 0.884 bits per heavy atom. The lowest BCUT2D eigenvalue weighted by atomic mass is 9.75. The average Bonchev–Trinajstić information content (AvgIpc) is 3.74. The van der Waals surface area contributed by atoms with Crippen LogP contribution in [0.4, 0.5) is 0 Å². The summed E-state index contributed by atoms with van der Waals surface area (Å²) in [5.74, 6) is 0.668. The predicted octanol–water partition coefficient (Wildman–Crippen LogP) is 4.24. The van der Waals surface area contributed by atoms with Gasteiger partial charge in [-0.2, -0.15) is 0 Å². The number of esters is 1. The summed E-state index contributed by atoms with van der Waals surface area (Å²) in [6.45, 7) is 8.24. The minimum absolute atomic E-state index is 0. The van der Waals surface area contributed by atoms with E-state index < -0.39 is 31.4 Å². The molecule has 1 N–H and O–H groups in total. The first-order valence-electron chi connectivity index (χ1n) is 12.4. The third-order valence-corrected chi connectivity index (χ3v) is 7.94. The third-order valence-electron chi connectivity index (χ3n) is 6.81. The van der Waals surface area contributed by atoms with Gasteiger partial charge < -0.3 is 33.2 Å². The van der Waals surface area contributed by atoms with E-state index in [1.165, 1.54) is 29.8 Å². The van der Waals surface area contributed by atoms with Gasteiger partial charge in [0.1, 0.15) is 22.5 Å². The molecule has 0 unspecified atom stereocenters. The standard InChI is InChI=1S/C16H19BN2O5S.C9H7BN2O3S.2CH4/c1-15(2)16(3,4)24-17(23-15)12-8-10(22-14-19-18-9-25-14)6-7-11(12)13(20)21-5;13-10-8-3-7(2-1-6(8)4-14-10)15-9-12-11-5-16-9;;/h6-9H,1-5H3;1-3,5,13H,4H2;2*1H4. The number of benzene rings is 2. The molecule has 16 heteroatoms. The number of carbonyl (C=O) groups is 1. The van der Waals surface area contributed by atoms with E-state index in [1.54, 1.807) is 35.3 Å². The van der Waals surface area contributed by atoms with Crippen LogP contribution in [0.3, 0.4) is 0 Å². The Labute approximate surface area is 259 Å². The van der Waals surface area contributed by atoms with Crippen molar-refractivity contribution < 1.29 is 38.0 Å². The number of aromatic nitrogens is 4. The van der Waals surface area contributed by atoms with Gasteiger partial charge in [0.15, 0.2) is 0 Å². The summed E-state index contributed by atoms with van der Waals surface area (Å²) in [6, 6.07) is 10.5. The number of ether oxygens (including phenoxy) is 3. The molecule has 4 aromatic rings. The van der Waals surface area contributed by atoms with Crippen molar-refractivity contribution in [3.63, 3.8) is 0 Å². The Kier molecular flexibility index (Phi) is 11.0. The largest absolute Gasteiger partial charge is 0.495 e. The maximum atomic E-state index is 12.1. The second kappa shape index (κ2) is 13.9. The van der Waals surface area contributed by atoms with Crippen molar-refractivity contribution in [2.75, 3.05) is 7.11 Å². The van der Waals surface area contributed by atoms with Crippen LogP contribution < -0.4 is 20.4 Å². The van der Waals surface area contributed by atoms with Crippen LogP contribution in [0.5, 0.6) is 21.9 Å². The monoisotopic (exact) mass is 628 g/mol. The first kappa shape index (κ1) is 34.1. The molecule has 1 fully saturated rings. The normalized spacial score (nSPS) is 15.8. The van der Waals surface area contributed by atoms with Gasteiger partial charge in [-0.3, -0.25) is 0 Å². The molecule has 0 radical (unpaired) electrons. The van der Waals surface area contributed by atoms with Gasteiger partial charge in [-0.05, 0) is 69.1 Å². The van der Waals surface area contributed by atoms with E-state index in [-0.39, 0.29) is 14.9 Å². The van der Waals surface area contributed by atoms with Crippen LogP contribution >= 0.6 is 22.7 Å². The van der Waals surface area contributed by atoms with E-state index >= 15 is 0 Å². The van der Waals surface area contributed by atoms with E-state index in [4.69, 9.17) is 28.2 Å². The number of nitrogens with zero attached hydrogens (tertiary/aromatic N) is 4. The number of hydrogen-bond acceptors (Lipinski definition) is 14. The Morgan fingerprint density at radius 2 is 1.42 bits per heavy atom. The molecule has 228 valence electrons. The highest BCUT2D eigenvalue weighted by Gasteiger charge is 2.52. The van der Waals surface area contributed by atoms with Crippen LogP contribution in [-0.2, 0) is 25.3 Å². The fourth-order valence-corrected chi connectivity index (χ4v) is 4.78. The van der Waals surface area contributed by atoms with Gasteiger partial charge in [-0.1, -0.05) is 53.8 Å². The zero-order valence-corrected chi connectivity index (χ0v) is 24.5. The number of carbonyl (C=O) groups excluding carboxylic acids is 1. The quantitative estimate of drug-likeness (QED) is 0.241. The van der Waals surface area contributed by atoms with Gasteiger partial charge in [0.2, 0.25) is 0 Å². The molecule has 1 saturated heterocycles. The maximum Gasteiger partial charge on any atom is 0.495 e. The van der Waals surface area contributed by atoms with E-state index in [0.717, 1.165) is 11.0 Å². The first-order valence-corrected chi connectivity index (χ1v) is 14.2. The lowest BCUT2D eigenvalue weighted by Crippen LogP contribution is -2.41. The van der Waals surface area contributed by atoms with Gasteiger partial charge >= 0.3 is 20.2 Å². The minimum atomic E-state index is -0.854. The second-order valence-corrected chi connectivity index (χ2v) is 11.6. The van der Waals surface area contributed by atoms with Crippen molar-refractivity contribution in [1.29, 1.82) is 0 Å². The summed E-state index contributed by atoms with van der Waals surface area (Å²) in [4.78, 5) is 12.1. The Bertz CT molecular complexity index is 1490. The Balaban J connectivity index is 0.000000244. The van der Waals surface area contributed by atoms with Crippen LogP contribution in [-0.4, -0.2) is 63.9 Å². The van der Waals surface area contributed by atoms with E-state index in [0.29, 0.717) is 39.5 Å². The molecule has 12 nitrogen and oxygen atoms in total. The summed E-state index contributed by atoms with van der Waals surface area (Å²) in [6.07, 6.45) is 0. The van der Waals surface area contributed by atoms with Crippen LogP contribution in [0.25, 0.3) is 0 Å². The number of rotatable bonds is 6. The summed E-state index contributed by atoms with van der Waals surface area (Å²) in [5, 5.41) is 25.5. The highest BCUT2D eigenvalue weighted by atomic mass is 32.1. The topological polar surface area (TPSA) is 144 Å². The SMILES string of the molecule is C.C.COC(=O)c1ccc(Oc2nncs2)cc1B1OC(C)(C)C(C)(C)O1.OB1OCc2ccc(Oc3nncs3)cc21. The van der Waals surface area contributed by atoms with E-state index in [9.17, 15) is 9.82 Å². The van der Waals surface area contributed by atoms with Crippen molar-refractivity contribution in [3.8, 4) is 21.9 Å². The molecule has 2 aromatic carbocycles. The molecular formula is C27H34B2N4O8S2. The summed E-state index contributed by atoms with van der Waals surface area (Å²) < 4.78 is 33.2. The lowest BCUT2D eigenvalue weighted by molar-refractivity contribution is 0.00578. The molecular weight excluding hydrogens is 594 g/mol. The van der Waals surface area contributed by atoms with E-state index in [2.05, 4.69) is 20.4 Å². The van der Waals surface area contributed by atoms with Crippen molar-refractivity contribution in [2.24, 2.45) is 0 Å². The predicted molar refractivity (Wildman–Crippen MR) is 166 cm³/mol. The Morgan fingerprint density at radius 3 is 1.93 bits per heavy atom. The molecule has 4 heterocycles. The van der Waals surface area contributed by atoms with Crippen molar-refractivity contribution in [1.82, 2.24) is 20.4 Å². The van der Waals surface area contributed by atoms with Crippen LogP contribution in [0, 0.1) is 0 Å². The molecule has 0 aliphatic carbocycles. The molecule has 0 spiro atoms. The summed E-state index contributed by atoms with van der Waals surface area (Å²) in [7, 11) is -0.229. The molecule has 2 aromatic heterocycles. The number of methoxy groups -OCH3 is 1. The van der Waals surface area contributed by atoms with Gasteiger partial charge in [0.05, 0.1) is 30.5 Å². The fourth-order valence-electron chi connectivity index (χ4n) is 3.94. The van der Waals surface area contributed by atoms with Crippen LogP contribution in [0.15, 0.2) is 47.4 Å². The Hall–Kier alpha value is -3.40. The van der Waals surface area contributed by atoms with Gasteiger partial charge in [-0.15, -0.1) is 10.2 Å². The van der Waals surface area contributed by atoms with Crippen LogP contribution in [0.1, 0.15) is 58.5 Å². The average molecular weight is 628 g/mol.